The smallest absolute Gasteiger partial charge is 0.350 e. The minimum Gasteiger partial charge on any atom is -0.394 e. The molecular weight excluding hydrogens is 290 g/mol. The molecule has 0 aromatic carbocycles. The molecule has 0 bridgehead atoms. The fraction of sp³-hybridized carbons (Fsp3) is 0.545. The highest BCUT2D eigenvalue weighted by Crippen LogP contribution is 2.42. The minimum atomic E-state index is -1.63. The molecule has 0 radical (unpaired) electrons. The van der Waals surface area contributed by atoms with Crippen LogP contribution < -0.4 is 11.4 Å². The van der Waals surface area contributed by atoms with Gasteiger partial charge >= 0.3 is 11.4 Å². The normalized spacial score (nSPS) is 32.7. The van der Waals surface area contributed by atoms with E-state index in [9.17, 15) is 14.7 Å². The van der Waals surface area contributed by atoms with Crippen molar-refractivity contribution < 1.29 is 14.9 Å². The lowest BCUT2D eigenvalue weighted by molar-refractivity contribution is -0.0468. The highest BCUT2D eigenvalue weighted by atomic mass is 35.5. The summed E-state index contributed by atoms with van der Waals surface area (Å²) in [5, 5.41) is 19.3. The predicted molar refractivity (Wildman–Crippen MR) is 68.2 cm³/mol. The number of H-pyrrole nitrogens is 1. The van der Waals surface area contributed by atoms with Crippen molar-refractivity contribution in [3.63, 3.8) is 0 Å². The molecule has 3 N–H and O–H groups in total. The third-order valence-electron chi connectivity index (χ3n) is 2.94. The molecular formula is C11H12ClN3O5. The second kappa shape index (κ2) is 5.38. The lowest BCUT2D eigenvalue weighted by Crippen LogP contribution is -2.44. The van der Waals surface area contributed by atoms with E-state index in [0.29, 0.717) is 0 Å². The van der Waals surface area contributed by atoms with Gasteiger partial charge < -0.3 is 14.9 Å². The number of halogens is 1. The summed E-state index contributed by atoms with van der Waals surface area (Å²) in [5.74, 6) is 5.12. The Kier molecular flexibility index (Phi) is 3.96. The number of aromatic nitrogens is 3. The first-order chi connectivity index (χ1) is 9.43. The maximum absolute atomic E-state index is 11.8. The minimum absolute atomic E-state index is 0.497. The molecule has 1 aliphatic heterocycles. The molecule has 1 saturated heterocycles. The predicted octanol–water partition coefficient (Wildman–Crippen LogP) is -1.82. The highest BCUT2D eigenvalue weighted by Gasteiger charge is 2.55. The van der Waals surface area contributed by atoms with Gasteiger partial charge in [0, 0.05) is 0 Å². The van der Waals surface area contributed by atoms with E-state index in [0.717, 1.165) is 10.9 Å². The number of aliphatic hydroxyl groups excluding tert-OH is 2. The maximum Gasteiger partial charge on any atom is 0.350 e. The molecule has 20 heavy (non-hydrogen) atoms. The van der Waals surface area contributed by atoms with E-state index in [2.05, 4.69) is 16.8 Å². The largest absolute Gasteiger partial charge is 0.394 e. The fourth-order valence-corrected chi connectivity index (χ4v) is 2.41. The molecule has 108 valence electrons. The van der Waals surface area contributed by atoms with E-state index in [1.807, 2.05) is 4.98 Å². The Balaban J connectivity index is 2.55. The summed E-state index contributed by atoms with van der Waals surface area (Å²) < 4.78 is 6.28. The SMILES string of the molecule is CC#CC1(Cl)[C@@H](O)[C@@H](CO)O[C@H]1n1cnc(=O)[nH]c1=O. The van der Waals surface area contributed by atoms with Gasteiger partial charge in [-0.25, -0.2) is 9.59 Å². The number of nitrogens with zero attached hydrogens (tertiary/aromatic N) is 2. The van der Waals surface area contributed by atoms with Crippen molar-refractivity contribution in [2.75, 3.05) is 6.61 Å². The second-order valence-electron chi connectivity index (χ2n) is 4.18. The molecule has 1 aromatic heterocycles. The lowest BCUT2D eigenvalue weighted by atomic mass is 9.99. The van der Waals surface area contributed by atoms with Crippen LogP contribution in [0.4, 0.5) is 0 Å². The van der Waals surface area contributed by atoms with E-state index < -0.39 is 41.3 Å². The van der Waals surface area contributed by atoms with Crippen molar-refractivity contribution in [3.8, 4) is 11.8 Å². The van der Waals surface area contributed by atoms with Crippen molar-refractivity contribution in [1.29, 1.82) is 0 Å². The molecule has 2 rings (SSSR count). The first-order valence-electron chi connectivity index (χ1n) is 5.68. The van der Waals surface area contributed by atoms with Crippen LogP contribution in [0.2, 0.25) is 0 Å². The number of aliphatic hydroxyl groups is 2. The van der Waals surface area contributed by atoms with Gasteiger partial charge in [-0.3, -0.25) is 9.55 Å². The zero-order valence-corrected chi connectivity index (χ0v) is 11.2. The third-order valence-corrected chi connectivity index (χ3v) is 3.45. The molecule has 8 nitrogen and oxygen atoms in total. The number of hydrogen-bond donors (Lipinski definition) is 3. The Morgan fingerprint density at radius 3 is 2.90 bits per heavy atom. The molecule has 1 aliphatic rings. The van der Waals surface area contributed by atoms with Crippen molar-refractivity contribution in [2.24, 2.45) is 0 Å². The first-order valence-corrected chi connectivity index (χ1v) is 6.06. The third kappa shape index (κ3) is 2.25. The van der Waals surface area contributed by atoms with Crippen molar-refractivity contribution in [2.45, 2.75) is 30.2 Å². The number of hydrogen-bond acceptors (Lipinski definition) is 6. The van der Waals surface area contributed by atoms with Gasteiger partial charge in [0.25, 0.3) is 0 Å². The highest BCUT2D eigenvalue weighted by molar-refractivity contribution is 6.27. The second-order valence-corrected chi connectivity index (χ2v) is 4.81. The summed E-state index contributed by atoms with van der Waals surface area (Å²) in [4.78, 5) is 26.4. The Morgan fingerprint density at radius 1 is 1.65 bits per heavy atom. The lowest BCUT2D eigenvalue weighted by Gasteiger charge is -2.25. The number of ether oxygens (including phenoxy) is 1. The van der Waals surface area contributed by atoms with Crippen LogP contribution in [0.5, 0.6) is 0 Å². The summed E-state index contributed by atoms with van der Waals surface area (Å²) in [7, 11) is 0. The Morgan fingerprint density at radius 2 is 2.35 bits per heavy atom. The van der Waals surface area contributed by atoms with E-state index >= 15 is 0 Å². The quantitative estimate of drug-likeness (QED) is 0.437. The van der Waals surface area contributed by atoms with Crippen LogP contribution in [-0.4, -0.2) is 48.4 Å². The Labute approximate surface area is 118 Å². The summed E-state index contributed by atoms with van der Waals surface area (Å²) in [6.07, 6.45) is -2.56. The Bertz CT molecular complexity index is 675. The molecule has 0 amide bonds. The van der Waals surface area contributed by atoms with Gasteiger partial charge in [-0.1, -0.05) is 17.5 Å². The Hall–Kier alpha value is -1.66. The van der Waals surface area contributed by atoms with Gasteiger partial charge in [-0.15, -0.1) is 5.92 Å². The molecule has 1 aromatic rings. The van der Waals surface area contributed by atoms with Crippen molar-refractivity contribution >= 4 is 11.6 Å². The summed E-state index contributed by atoms with van der Waals surface area (Å²) in [5.41, 5.74) is -1.62. The average molecular weight is 302 g/mol. The number of nitrogens with one attached hydrogen (secondary N) is 1. The van der Waals surface area contributed by atoms with Crippen LogP contribution in [0.15, 0.2) is 15.9 Å². The fourth-order valence-electron chi connectivity index (χ4n) is 2.02. The molecule has 0 aliphatic carbocycles. The van der Waals surface area contributed by atoms with Crippen LogP contribution in [0.1, 0.15) is 13.2 Å². The summed E-state index contributed by atoms with van der Waals surface area (Å²) in [6.45, 7) is 1.01. The average Bonchev–Trinajstić information content (AvgIpc) is 2.63. The zero-order valence-electron chi connectivity index (χ0n) is 10.4. The standard InChI is InChI=1S/C11H12ClN3O5/c1-2-3-11(12)7(17)6(4-16)20-8(11)15-5-13-9(18)14-10(15)19/h5-8,16-17H,4H2,1H3,(H,14,18,19)/t6-,7+,8-,11?/m1/s1. The van der Waals surface area contributed by atoms with E-state index in [1.165, 1.54) is 6.92 Å². The maximum atomic E-state index is 11.8. The van der Waals surface area contributed by atoms with Gasteiger partial charge in [0.2, 0.25) is 0 Å². The molecule has 1 fully saturated rings. The van der Waals surface area contributed by atoms with Gasteiger partial charge in [-0.2, -0.15) is 4.98 Å². The van der Waals surface area contributed by atoms with Crippen molar-refractivity contribution in [1.82, 2.24) is 14.5 Å². The van der Waals surface area contributed by atoms with Gasteiger partial charge in [0.15, 0.2) is 11.1 Å². The van der Waals surface area contributed by atoms with E-state index in [4.69, 9.17) is 21.4 Å². The molecule has 2 heterocycles. The topological polar surface area (TPSA) is 117 Å². The number of alkyl halides is 1. The van der Waals surface area contributed by atoms with Gasteiger partial charge in [0.05, 0.1) is 6.61 Å². The monoisotopic (exact) mass is 301 g/mol. The van der Waals surface area contributed by atoms with Crippen LogP contribution in [0, 0.1) is 11.8 Å². The molecule has 0 spiro atoms. The van der Waals surface area contributed by atoms with Crippen LogP contribution in [-0.2, 0) is 4.74 Å². The van der Waals surface area contributed by atoms with Crippen LogP contribution in [0.3, 0.4) is 0 Å². The van der Waals surface area contributed by atoms with Gasteiger partial charge in [-0.05, 0) is 6.92 Å². The zero-order chi connectivity index (χ0) is 14.9. The molecule has 4 atom stereocenters. The number of aromatic amines is 1. The van der Waals surface area contributed by atoms with Crippen LogP contribution >= 0.6 is 11.6 Å². The van der Waals surface area contributed by atoms with Crippen molar-refractivity contribution in [3.05, 3.63) is 27.3 Å². The van der Waals surface area contributed by atoms with Crippen LogP contribution in [0.25, 0.3) is 0 Å². The first kappa shape index (κ1) is 14.7. The van der Waals surface area contributed by atoms with E-state index in [1.54, 1.807) is 0 Å². The summed E-state index contributed by atoms with van der Waals surface area (Å²) in [6, 6.07) is 0. The number of rotatable bonds is 2. The van der Waals surface area contributed by atoms with Gasteiger partial charge in [0.1, 0.15) is 18.5 Å². The summed E-state index contributed by atoms with van der Waals surface area (Å²) >= 11 is 6.27. The molecule has 1 unspecified atom stereocenters. The van der Waals surface area contributed by atoms with E-state index in [-0.39, 0.29) is 0 Å². The molecule has 0 saturated carbocycles. The molecule has 9 heteroatoms.